The summed E-state index contributed by atoms with van der Waals surface area (Å²) in [5.74, 6) is -1.03. The van der Waals surface area contributed by atoms with Gasteiger partial charge in [-0.3, -0.25) is 9.59 Å². The highest BCUT2D eigenvalue weighted by atomic mass is 16.5. The van der Waals surface area contributed by atoms with Gasteiger partial charge in [-0.15, -0.1) is 0 Å². The Kier molecular flexibility index (Phi) is 7.37. The lowest BCUT2D eigenvalue weighted by Gasteiger charge is -2.12. The van der Waals surface area contributed by atoms with Gasteiger partial charge in [0.2, 0.25) is 0 Å². The number of benzene rings is 2. The second-order valence-electron chi connectivity index (χ2n) is 6.02. The molecular weight excluding hydrogens is 316 g/mol. The van der Waals surface area contributed by atoms with Crippen LogP contribution in [-0.2, 0) is 14.3 Å². The van der Waals surface area contributed by atoms with E-state index in [2.05, 4.69) is 24.3 Å². The van der Waals surface area contributed by atoms with E-state index in [0.29, 0.717) is 6.61 Å². The Balaban J connectivity index is 0.000000390. The molecule has 0 bridgehead atoms. The van der Waals surface area contributed by atoms with Crippen LogP contribution in [0, 0.1) is 5.92 Å². The van der Waals surface area contributed by atoms with Crippen LogP contribution < -0.4 is 0 Å². The lowest BCUT2D eigenvalue weighted by Crippen LogP contribution is -2.09. The quantitative estimate of drug-likeness (QED) is 0.819. The number of hydrogen-bond acceptors (Lipinski definition) is 3. The van der Waals surface area contributed by atoms with Gasteiger partial charge in [-0.1, -0.05) is 69.8 Å². The zero-order valence-electron chi connectivity index (χ0n) is 14.2. The average Bonchev–Trinajstić information content (AvgIpc) is 2.87. The molecule has 0 saturated heterocycles. The van der Waals surface area contributed by atoms with Crippen LogP contribution >= 0.6 is 0 Å². The summed E-state index contributed by atoms with van der Waals surface area (Å²) in [6, 6.07) is 16.6. The molecular formula is C21H26O4. The van der Waals surface area contributed by atoms with Crippen molar-refractivity contribution in [1.29, 1.82) is 0 Å². The molecule has 2 aromatic carbocycles. The second-order valence-corrected chi connectivity index (χ2v) is 6.02. The van der Waals surface area contributed by atoms with E-state index >= 15 is 0 Å². The van der Waals surface area contributed by atoms with Crippen molar-refractivity contribution in [2.45, 2.75) is 34.1 Å². The van der Waals surface area contributed by atoms with Crippen molar-refractivity contribution in [2.24, 2.45) is 5.92 Å². The first-order chi connectivity index (χ1) is 11.4. The van der Waals surface area contributed by atoms with Crippen molar-refractivity contribution in [2.75, 3.05) is 6.61 Å². The SMILES string of the molecule is C.CC(=O)OCC1c2ccccc2-c2ccccc21.CC(C)C(=O)O. The van der Waals surface area contributed by atoms with Crippen molar-refractivity contribution in [3.8, 4) is 11.1 Å². The molecule has 0 saturated carbocycles. The van der Waals surface area contributed by atoms with Crippen molar-refractivity contribution in [3.63, 3.8) is 0 Å². The Hall–Kier alpha value is -2.62. The number of esters is 1. The standard InChI is InChI=1S/C16H14O2.C4H8O2.CH4/c1-11(17)18-10-16-14-8-4-2-6-12(14)13-7-3-5-9-15(13)16;1-3(2)4(5)6;/h2-9,16H,10H2,1H3;3H,1-2H3,(H,5,6);1H4. The van der Waals surface area contributed by atoms with Gasteiger partial charge in [0.05, 0.1) is 5.92 Å². The van der Waals surface area contributed by atoms with Crippen molar-refractivity contribution < 1.29 is 19.4 Å². The Morgan fingerprint density at radius 2 is 1.40 bits per heavy atom. The smallest absolute Gasteiger partial charge is 0.305 e. The molecule has 0 fully saturated rings. The molecule has 0 unspecified atom stereocenters. The first kappa shape index (κ1) is 20.4. The highest BCUT2D eigenvalue weighted by Gasteiger charge is 2.28. The number of hydrogen-bond donors (Lipinski definition) is 1. The van der Waals surface area contributed by atoms with Crippen LogP contribution in [-0.4, -0.2) is 23.7 Å². The minimum atomic E-state index is -0.741. The van der Waals surface area contributed by atoms with E-state index < -0.39 is 5.97 Å². The predicted octanol–water partition coefficient (Wildman–Crippen LogP) is 4.73. The molecule has 4 nitrogen and oxygen atoms in total. The fourth-order valence-electron chi connectivity index (χ4n) is 2.64. The summed E-state index contributed by atoms with van der Waals surface area (Å²) in [7, 11) is 0. The molecule has 0 spiro atoms. The van der Waals surface area contributed by atoms with Gasteiger partial charge in [0.1, 0.15) is 6.61 Å². The van der Waals surface area contributed by atoms with Gasteiger partial charge in [0.15, 0.2) is 0 Å². The Morgan fingerprint density at radius 1 is 1.00 bits per heavy atom. The number of carboxylic acid groups (broad SMARTS) is 1. The van der Waals surface area contributed by atoms with Crippen molar-refractivity contribution in [1.82, 2.24) is 0 Å². The van der Waals surface area contributed by atoms with E-state index in [1.165, 1.54) is 29.2 Å². The van der Waals surface area contributed by atoms with E-state index in [4.69, 9.17) is 9.84 Å². The van der Waals surface area contributed by atoms with E-state index in [1.807, 2.05) is 24.3 Å². The third-order valence-electron chi connectivity index (χ3n) is 3.91. The summed E-state index contributed by atoms with van der Waals surface area (Å²) >= 11 is 0. The fourth-order valence-corrected chi connectivity index (χ4v) is 2.64. The summed E-state index contributed by atoms with van der Waals surface area (Å²) in [6.07, 6.45) is 0. The summed E-state index contributed by atoms with van der Waals surface area (Å²) in [5.41, 5.74) is 5.01. The number of carbonyl (C=O) groups excluding carboxylic acids is 1. The summed E-state index contributed by atoms with van der Waals surface area (Å²) in [4.78, 5) is 20.7. The van der Waals surface area contributed by atoms with Crippen LogP contribution in [0.5, 0.6) is 0 Å². The summed E-state index contributed by atoms with van der Waals surface area (Å²) < 4.78 is 5.20. The van der Waals surface area contributed by atoms with Gasteiger partial charge in [-0.25, -0.2) is 0 Å². The molecule has 1 aliphatic carbocycles. The Labute approximate surface area is 149 Å². The van der Waals surface area contributed by atoms with E-state index in [-0.39, 0.29) is 25.2 Å². The van der Waals surface area contributed by atoms with Crippen LogP contribution in [0.4, 0.5) is 0 Å². The van der Waals surface area contributed by atoms with Gasteiger partial charge in [0, 0.05) is 12.8 Å². The number of fused-ring (bicyclic) bond motifs is 3. The van der Waals surface area contributed by atoms with Crippen molar-refractivity contribution >= 4 is 11.9 Å². The minimum absolute atomic E-state index is 0. The minimum Gasteiger partial charge on any atom is -0.481 e. The topological polar surface area (TPSA) is 63.6 Å². The van der Waals surface area contributed by atoms with Gasteiger partial charge in [-0.05, 0) is 22.3 Å². The number of carbonyl (C=O) groups is 2. The van der Waals surface area contributed by atoms with Crippen LogP contribution in [0.1, 0.15) is 45.2 Å². The normalized spacial score (nSPS) is 11.5. The average molecular weight is 342 g/mol. The van der Waals surface area contributed by atoms with Crippen LogP contribution in [0.25, 0.3) is 11.1 Å². The van der Waals surface area contributed by atoms with Crippen LogP contribution in [0.15, 0.2) is 48.5 Å². The lowest BCUT2D eigenvalue weighted by atomic mass is 9.98. The molecule has 0 heterocycles. The van der Waals surface area contributed by atoms with Gasteiger partial charge in [0.25, 0.3) is 0 Å². The van der Waals surface area contributed by atoms with Gasteiger partial charge >= 0.3 is 11.9 Å². The molecule has 4 heteroatoms. The fraction of sp³-hybridized carbons (Fsp3) is 0.333. The molecule has 1 N–H and O–H groups in total. The molecule has 0 radical (unpaired) electrons. The number of aliphatic carboxylic acids is 1. The molecule has 0 aliphatic heterocycles. The molecule has 2 aromatic rings. The molecule has 0 amide bonds. The highest BCUT2D eigenvalue weighted by molar-refractivity contribution is 5.79. The molecule has 25 heavy (non-hydrogen) atoms. The van der Waals surface area contributed by atoms with Gasteiger partial charge in [-0.2, -0.15) is 0 Å². The third kappa shape index (κ3) is 4.92. The summed E-state index contributed by atoms with van der Waals surface area (Å²) in [6.45, 7) is 5.15. The Morgan fingerprint density at radius 3 is 1.76 bits per heavy atom. The number of ether oxygens (including phenoxy) is 1. The van der Waals surface area contributed by atoms with Gasteiger partial charge < -0.3 is 9.84 Å². The Bertz CT molecular complexity index is 689. The molecule has 134 valence electrons. The van der Waals surface area contributed by atoms with Crippen LogP contribution in [0.2, 0.25) is 0 Å². The maximum Gasteiger partial charge on any atom is 0.305 e. The van der Waals surface area contributed by atoms with E-state index in [0.717, 1.165) is 0 Å². The lowest BCUT2D eigenvalue weighted by molar-refractivity contribution is -0.141. The first-order valence-corrected chi connectivity index (χ1v) is 7.96. The van der Waals surface area contributed by atoms with E-state index in [1.54, 1.807) is 13.8 Å². The number of carboxylic acids is 1. The van der Waals surface area contributed by atoms with Crippen molar-refractivity contribution in [3.05, 3.63) is 59.7 Å². The van der Waals surface area contributed by atoms with E-state index in [9.17, 15) is 9.59 Å². The van der Waals surface area contributed by atoms with Crippen LogP contribution in [0.3, 0.4) is 0 Å². The monoisotopic (exact) mass is 342 g/mol. The third-order valence-corrected chi connectivity index (χ3v) is 3.91. The zero-order valence-corrected chi connectivity index (χ0v) is 14.2. The molecule has 0 aromatic heterocycles. The molecule has 0 atom stereocenters. The molecule has 1 aliphatic rings. The largest absolute Gasteiger partial charge is 0.481 e. The highest BCUT2D eigenvalue weighted by Crippen LogP contribution is 2.44. The maximum atomic E-state index is 11.0. The number of rotatable bonds is 3. The predicted molar refractivity (Wildman–Crippen MR) is 99.6 cm³/mol. The zero-order chi connectivity index (χ0) is 17.7. The summed E-state index contributed by atoms with van der Waals surface area (Å²) in [5, 5.41) is 7.99. The maximum absolute atomic E-state index is 11.0. The first-order valence-electron chi connectivity index (χ1n) is 7.96. The molecule has 3 rings (SSSR count). The second kappa shape index (κ2) is 9.02.